The lowest BCUT2D eigenvalue weighted by Gasteiger charge is -2.15. The van der Waals surface area contributed by atoms with E-state index < -0.39 is 12.0 Å². The molecule has 6 heteroatoms. The molecule has 0 aliphatic carbocycles. The van der Waals surface area contributed by atoms with E-state index in [9.17, 15) is 15.0 Å². The van der Waals surface area contributed by atoms with Crippen LogP contribution >= 0.6 is 11.9 Å². The lowest BCUT2D eigenvalue weighted by atomic mass is 10.1. The largest absolute Gasteiger partial charge is 0.508 e. The zero-order chi connectivity index (χ0) is 15.9. The summed E-state index contributed by atoms with van der Waals surface area (Å²) in [5, 5.41) is 21.5. The van der Waals surface area contributed by atoms with Gasteiger partial charge in [-0.2, -0.15) is 0 Å². The quantitative estimate of drug-likeness (QED) is 0.731. The molecule has 0 unspecified atom stereocenters. The molecular formula is C16H16ClNO4. The van der Waals surface area contributed by atoms with Crippen LogP contribution in [0.3, 0.4) is 0 Å². The number of halogens is 1. The van der Waals surface area contributed by atoms with Crippen LogP contribution in [0.5, 0.6) is 11.5 Å². The number of aliphatic carboxylic acids is 1. The summed E-state index contributed by atoms with van der Waals surface area (Å²) in [5.41, 5.74) is 1.70. The van der Waals surface area contributed by atoms with E-state index in [-0.39, 0.29) is 5.75 Å². The molecule has 2 aromatic carbocycles. The van der Waals surface area contributed by atoms with Crippen molar-refractivity contribution in [2.24, 2.45) is 0 Å². The molecule has 0 heterocycles. The summed E-state index contributed by atoms with van der Waals surface area (Å²) in [6.07, 6.45) is 0.321. The number of phenols is 1. The molecule has 2 aromatic rings. The zero-order valence-electron chi connectivity index (χ0n) is 11.7. The van der Waals surface area contributed by atoms with E-state index in [0.29, 0.717) is 18.7 Å². The molecule has 1 atom stereocenters. The average Bonchev–Trinajstić information content (AvgIpc) is 2.53. The molecule has 116 valence electrons. The highest BCUT2D eigenvalue weighted by Crippen LogP contribution is 2.15. The van der Waals surface area contributed by atoms with E-state index in [0.717, 1.165) is 11.1 Å². The Morgan fingerprint density at radius 1 is 1.18 bits per heavy atom. The molecule has 0 fully saturated rings. The van der Waals surface area contributed by atoms with Crippen LogP contribution in [0.4, 0.5) is 0 Å². The Balaban J connectivity index is 1.99. The van der Waals surface area contributed by atoms with Gasteiger partial charge in [0.2, 0.25) is 0 Å². The van der Waals surface area contributed by atoms with Crippen molar-refractivity contribution in [2.75, 3.05) is 0 Å². The highest BCUT2D eigenvalue weighted by molar-refractivity contribution is 6.09. The first-order valence-electron chi connectivity index (χ1n) is 6.70. The van der Waals surface area contributed by atoms with Crippen LogP contribution in [0.15, 0.2) is 48.5 Å². The maximum atomic E-state index is 11.4. The van der Waals surface area contributed by atoms with Gasteiger partial charge in [-0.15, -0.1) is 0 Å². The number of hydrogen-bond donors (Lipinski definition) is 3. The Bertz CT molecular complexity index is 630. The van der Waals surface area contributed by atoms with E-state index in [1.807, 2.05) is 6.07 Å². The van der Waals surface area contributed by atoms with Crippen LogP contribution in [0.2, 0.25) is 0 Å². The lowest BCUT2D eigenvalue weighted by molar-refractivity contribution is -0.139. The second kappa shape index (κ2) is 7.68. The Labute approximate surface area is 133 Å². The van der Waals surface area contributed by atoms with Crippen LogP contribution < -0.4 is 9.61 Å². The topological polar surface area (TPSA) is 78.8 Å². The first-order chi connectivity index (χ1) is 10.6. The molecule has 0 spiro atoms. The van der Waals surface area contributed by atoms with Gasteiger partial charge < -0.3 is 19.8 Å². The molecule has 0 bridgehead atoms. The van der Waals surface area contributed by atoms with Crippen molar-refractivity contribution >= 4 is 17.8 Å². The maximum Gasteiger partial charge on any atom is 0.321 e. The van der Waals surface area contributed by atoms with Gasteiger partial charge in [0.1, 0.15) is 29.4 Å². The number of carbonyl (C=O) groups is 1. The van der Waals surface area contributed by atoms with Crippen LogP contribution in [0, 0.1) is 0 Å². The molecule has 22 heavy (non-hydrogen) atoms. The van der Waals surface area contributed by atoms with Crippen molar-refractivity contribution < 1.29 is 19.3 Å². The molecule has 2 rings (SSSR count). The van der Waals surface area contributed by atoms with E-state index in [2.05, 4.69) is 9.61 Å². The van der Waals surface area contributed by atoms with Crippen molar-refractivity contribution in [3.63, 3.8) is 0 Å². The van der Waals surface area contributed by atoms with Crippen LogP contribution in [-0.4, -0.2) is 22.2 Å². The summed E-state index contributed by atoms with van der Waals surface area (Å²) in [4.78, 5) is 11.4. The lowest BCUT2D eigenvalue weighted by Crippen LogP contribution is -2.38. The highest BCUT2D eigenvalue weighted by Gasteiger charge is 2.17. The summed E-state index contributed by atoms with van der Waals surface area (Å²) in [6.45, 7) is 0.378. The van der Waals surface area contributed by atoms with Gasteiger partial charge in [0.05, 0.1) is 0 Å². The van der Waals surface area contributed by atoms with Crippen molar-refractivity contribution in [1.82, 2.24) is 5.32 Å². The van der Waals surface area contributed by atoms with Crippen LogP contribution in [0.1, 0.15) is 11.1 Å². The fraction of sp³-hybridized carbons (Fsp3) is 0.188. The molecule has 3 N–H and O–H groups in total. The number of aromatic hydroxyl groups is 1. The smallest absolute Gasteiger partial charge is 0.321 e. The monoisotopic (exact) mass is 321 g/mol. The minimum atomic E-state index is -0.933. The Kier molecular flexibility index (Phi) is 5.63. The third-order valence-electron chi connectivity index (χ3n) is 3.21. The van der Waals surface area contributed by atoms with Crippen LogP contribution in [-0.2, 0) is 17.8 Å². The molecule has 0 aromatic heterocycles. The summed E-state index contributed by atoms with van der Waals surface area (Å²) in [6, 6.07) is 12.8. The van der Waals surface area contributed by atoms with Gasteiger partial charge in [-0.3, -0.25) is 4.79 Å². The predicted molar refractivity (Wildman–Crippen MR) is 83.0 cm³/mol. The molecular weight excluding hydrogens is 306 g/mol. The van der Waals surface area contributed by atoms with Gasteiger partial charge in [-0.1, -0.05) is 24.3 Å². The van der Waals surface area contributed by atoms with Gasteiger partial charge in [-0.25, -0.2) is 0 Å². The van der Waals surface area contributed by atoms with Gasteiger partial charge in [-0.05, 0) is 41.8 Å². The minimum Gasteiger partial charge on any atom is -0.508 e. The fourth-order valence-corrected chi connectivity index (χ4v) is 2.15. The summed E-state index contributed by atoms with van der Waals surface area (Å²) in [7, 11) is 0. The first-order valence-corrected chi connectivity index (χ1v) is 7.01. The van der Waals surface area contributed by atoms with Crippen molar-refractivity contribution in [3.8, 4) is 11.5 Å². The molecule has 0 radical (unpaired) electrons. The Morgan fingerprint density at radius 2 is 1.91 bits per heavy atom. The van der Waals surface area contributed by atoms with E-state index in [1.54, 1.807) is 30.3 Å². The predicted octanol–water partition coefficient (Wildman–Crippen LogP) is 2.71. The number of rotatable bonds is 7. The van der Waals surface area contributed by atoms with Crippen molar-refractivity contribution in [2.45, 2.75) is 19.0 Å². The average molecular weight is 322 g/mol. The first kappa shape index (κ1) is 16.1. The number of nitrogens with one attached hydrogen (secondary N) is 1. The zero-order valence-corrected chi connectivity index (χ0v) is 12.5. The van der Waals surface area contributed by atoms with Gasteiger partial charge >= 0.3 is 5.97 Å². The van der Waals surface area contributed by atoms with Crippen molar-refractivity contribution in [1.29, 1.82) is 0 Å². The highest BCUT2D eigenvalue weighted by atomic mass is 35.5. The van der Waals surface area contributed by atoms with Gasteiger partial charge in [0.15, 0.2) is 0 Å². The number of phenolic OH excluding ortho intramolecular Hbond substituents is 1. The number of hydrogen-bond acceptors (Lipinski definition) is 4. The molecule has 0 amide bonds. The number of carboxylic acids is 1. The Morgan fingerprint density at radius 3 is 2.55 bits per heavy atom. The number of benzene rings is 2. The fourth-order valence-electron chi connectivity index (χ4n) is 2.06. The third-order valence-corrected chi connectivity index (χ3v) is 3.39. The Hall–Kier alpha value is -2.24. The molecule has 0 aliphatic rings. The minimum absolute atomic E-state index is 0.154. The summed E-state index contributed by atoms with van der Waals surface area (Å²) >= 11 is 5.30. The standard InChI is InChI=1S/C16H16ClNO4/c17-22-14-3-1-2-12(8-14)10-18-15(16(20)21)9-11-4-6-13(19)7-5-11/h1-8,15,18-19H,9-10H2,(H,20,21)/t15-/m0/s1. The molecule has 0 aliphatic heterocycles. The summed E-state index contributed by atoms with van der Waals surface area (Å²) in [5.74, 6) is -0.273. The van der Waals surface area contributed by atoms with Gasteiger partial charge in [0.25, 0.3) is 0 Å². The van der Waals surface area contributed by atoms with Gasteiger partial charge in [0, 0.05) is 6.54 Å². The van der Waals surface area contributed by atoms with E-state index >= 15 is 0 Å². The molecule has 0 saturated heterocycles. The van der Waals surface area contributed by atoms with E-state index in [1.165, 1.54) is 12.1 Å². The second-order valence-corrected chi connectivity index (χ2v) is 5.02. The third kappa shape index (κ3) is 4.65. The number of carboxylic acid groups (broad SMARTS) is 1. The van der Waals surface area contributed by atoms with Crippen molar-refractivity contribution in [3.05, 3.63) is 59.7 Å². The molecule has 0 saturated carbocycles. The second-order valence-electron chi connectivity index (χ2n) is 4.87. The summed E-state index contributed by atoms with van der Waals surface area (Å²) < 4.78 is 4.62. The SMILES string of the molecule is O=C(O)[C@H](Cc1ccc(O)cc1)NCc1cccc(OCl)c1. The maximum absolute atomic E-state index is 11.4. The normalized spacial score (nSPS) is 11.9. The molecule has 5 nitrogen and oxygen atoms in total. The van der Waals surface area contributed by atoms with E-state index in [4.69, 9.17) is 11.9 Å². The van der Waals surface area contributed by atoms with Crippen LogP contribution in [0.25, 0.3) is 0 Å².